The zero-order chi connectivity index (χ0) is 21.8. The maximum Gasteiger partial charge on any atom is 0.332 e. The molecule has 1 aromatic heterocycles. The molecule has 6 nitrogen and oxygen atoms in total. The van der Waals surface area contributed by atoms with Gasteiger partial charge in [-0.3, -0.25) is 18.7 Å². The first-order chi connectivity index (χ1) is 15.0. The molecular formula is C24H20FN3O3. The summed E-state index contributed by atoms with van der Waals surface area (Å²) in [7, 11) is 0. The summed E-state index contributed by atoms with van der Waals surface area (Å²) in [6.45, 7) is 0.0750. The van der Waals surface area contributed by atoms with E-state index in [1.165, 1.54) is 16.7 Å². The van der Waals surface area contributed by atoms with Crippen LogP contribution >= 0.6 is 0 Å². The number of aromatic nitrogens is 2. The van der Waals surface area contributed by atoms with Crippen molar-refractivity contribution in [2.24, 2.45) is 0 Å². The van der Waals surface area contributed by atoms with Crippen LogP contribution in [0.1, 0.15) is 11.1 Å². The first-order valence-corrected chi connectivity index (χ1v) is 9.80. The predicted octanol–water partition coefficient (Wildman–Crippen LogP) is 2.67. The SMILES string of the molecule is O=C(Cn1c(=O)n(Cc2ccccc2)c(=O)c2ccccc21)NCc1ccc(F)cc1. The third-order valence-corrected chi connectivity index (χ3v) is 5.02. The van der Waals surface area contributed by atoms with Crippen LogP contribution < -0.4 is 16.6 Å². The lowest BCUT2D eigenvalue weighted by atomic mass is 10.2. The third-order valence-electron chi connectivity index (χ3n) is 5.02. The maximum atomic E-state index is 13.2. The molecule has 0 aliphatic rings. The third kappa shape index (κ3) is 4.45. The van der Waals surface area contributed by atoms with E-state index >= 15 is 0 Å². The van der Waals surface area contributed by atoms with Crippen LogP contribution in [0.4, 0.5) is 4.39 Å². The molecule has 7 heteroatoms. The van der Waals surface area contributed by atoms with E-state index < -0.39 is 11.2 Å². The van der Waals surface area contributed by atoms with Crippen molar-refractivity contribution in [2.75, 3.05) is 0 Å². The zero-order valence-electron chi connectivity index (χ0n) is 16.6. The Hall–Kier alpha value is -4.00. The highest BCUT2D eigenvalue weighted by molar-refractivity contribution is 5.81. The molecule has 3 aromatic carbocycles. The van der Waals surface area contributed by atoms with Crippen molar-refractivity contribution in [1.82, 2.24) is 14.5 Å². The monoisotopic (exact) mass is 417 g/mol. The number of halogens is 1. The van der Waals surface area contributed by atoms with Crippen molar-refractivity contribution in [1.29, 1.82) is 0 Å². The molecule has 0 fully saturated rings. The smallest absolute Gasteiger partial charge is 0.332 e. The van der Waals surface area contributed by atoms with Crippen molar-refractivity contribution in [2.45, 2.75) is 19.6 Å². The minimum absolute atomic E-state index is 0.112. The van der Waals surface area contributed by atoms with E-state index in [0.717, 1.165) is 15.7 Å². The van der Waals surface area contributed by atoms with Gasteiger partial charge in [0.25, 0.3) is 5.56 Å². The summed E-state index contributed by atoms with van der Waals surface area (Å²) in [5.41, 5.74) is 1.00. The van der Waals surface area contributed by atoms with E-state index in [1.807, 2.05) is 30.3 Å². The van der Waals surface area contributed by atoms with Crippen LogP contribution in [0.5, 0.6) is 0 Å². The molecular weight excluding hydrogens is 397 g/mol. The predicted molar refractivity (Wildman–Crippen MR) is 116 cm³/mol. The van der Waals surface area contributed by atoms with E-state index in [9.17, 15) is 18.8 Å². The molecule has 1 heterocycles. The second-order valence-corrected chi connectivity index (χ2v) is 7.17. The van der Waals surface area contributed by atoms with Crippen LogP contribution in [0.2, 0.25) is 0 Å². The average Bonchev–Trinajstić information content (AvgIpc) is 2.80. The number of nitrogens with one attached hydrogen (secondary N) is 1. The van der Waals surface area contributed by atoms with Crippen LogP contribution in [-0.4, -0.2) is 15.0 Å². The Morgan fingerprint density at radius 3 is 2.23 bits per heavy atom. The van der Waals surface area contributed by atoms with Crippen molar-refractivity contribution >= 4 is 16.8 Å². The van der Waals surface area contributed by atoms with Gasteiger partial charge in [0, 0.05) is 6.54 Å². The fourth-order valence-electron chi connectivity index (χ4n) is 3.43. The molecule has 4 aromatic rings. The Bertz CT molecular complexity index is 1340. The van der Waals surface area contributed by atoms with E-state index in [2.05, 4.69) is 5.32 Å². The van der Waals surface area contributed by atoms with Gasteiger partial charge in [-0.25, -0.2) is 9.18 Å². The standard InChI is InChI=1S/C24H20FN3O3/c25-19-12-10-17(11-13-19)14-26-22(29)16-27-21-9-5-4-8-20(21)23(30)28(24(27)31)15-18-6-2-1-3-7-18/h1-13H,14-16H2,(H,26,29). The van der Waals surface area contributed by atoms with Crippen molar-refractivity contribution in [3.63, 3.8) is 0 Å². The lowest BCUT2D eigenvalue weighted by molar-refractivity contribution is -0.121. The molecule has 31 heavy (non-hydrogen) atoms. The van der Waals surface area contributed by atoms with Crippen LogP contribution in [0.15, 0.2) is 88.5 Å². The van der Waals surface area contributed by atoms with Crippen LogP contribution in [0.25, 0.3) is 10.9 Å². The number of amides is 1. The van der Waals surface area contributed by atoms with Gasteiger partial charge in [-0.1, -0.05) is 54.6 Å². The number of rotatable bonds is 6. The van der Waals surface area contributed by atoms with E-state index in [1.54, 1.807) is 36.4 Å². The van der Waals surface area contributed by atoms with Crippen LogP contribution in [-0.2, 0) is 24.4 Å². The number of benzene rings is 3. The summed E-state index contributed by atoms with van der Waals surface area (Å²) in [6, 6.07) is 21.7. The minimum atomic E-state index is -0.551. The van der Waals surface area contributed by atoms with Gasteiger partial charge < -0.3 is 5.32 Å². The summed E-state index contributed by atoms with van der Waals surface area (Å²) in [6.07, 6.45) is 0. The highest BCUT2D eigenvalue weighted by Crippen LogP contribution is 2.09. The lowest BCUT2D eigenvalue weighted by Gasteiger charge is -2.14. The van der Waals surface area contributed by atoms with E-state index in [0.29, 0.717) is 10.9 Å². The van der Waals surface area contributed by atoms with Gasteiger partial charge in [0.1, 0.15) is 12.4 Å². The molecule has 0 spiro atoms. The summed E-state index contributed by atoms with van der Waals surface area (Å²) in [5.74, 6) is -0.741. The summed E-state index contributed by atoms with van der Waals surface area (Å²) < 4.78 is 15.5. The summed E-state index contributed by atoms with van der Waals surface area (Å²) in [5, 5.41) is 3.10. The molecule has 0 saturated carbocycles. The Kier molecular flexibility index (Phi) is 5.75. The van der Waals surface area contributed by atoms with Gasteiger partial charge >= 0.3 is 5.69 Å². The number of hydrogen-bond donors (Lipinski definition) is 1. The first-order valence-electron chi connectivity index (χ1n) is 9.80. The molecule has 0 saturated heterocycles. The largest absolute Gasteiger partial charge is 0.350 e. The summed E-state index contributed by atoms with van der Waals surface area (Å²) in [4.78, 5) is 38.7. The Morgan fingerprint density at radius 2 is 1.48 bits per heavy atom. The Balaban J connectivity index is 1.66. The molecule has 156 valence electrons. The normalized spacial score (nSPS) is 10.9. The minimum Gasteiger partial charge on any atom is -0.350 e. The van der Waals surface area contributed by atoms with Crippen molar-refractivity contribution < 1.29 is 9.18 Å². The van der Waals surface area contributed by atoms with Crippen LogP contribution in [0.3, 0.4) is 0 Å². The maximum absolute atomic E-state index is 13.2. The summed E-state index contributed by atoms with van der Waals surface area (Å²) >= 11 is 0. The molecule has 0 aliphatic heterocycles. The number of fused-ring (bicyclic) bond motifs is 1. The highest BCUT2D eigenvalue weighted by atomic mass is 19.1. The zero-order valence-corrected chi connectivity index (χ0v) is 16.6. The highest BCUT2D eigenvalue weighted by Gasteiger charge is 2.15. The second-order valence-electron chi connectivity index (χ2n) is 7.17. The van der Waals surface area contributed by atoms with E-state index in [4.69, 9.17) is 0 Å². The fourth-order valence-corrected chi connectivity index (χ4v) is 3.43. The Labute approximate surface area is 177 Å². The van der Waals surface area contributed by atoms with Gasteiger partial charge in [-0.2, -0.15) is 0 Å². The molecule has 4 rings (SSSR count). The molecule has 0 atom stereocenters. The van der Waals surface area contributed by atoms with Crippen molar-refractivity contribution in [3.05, 3.63) is 117 Å². The van der Waals surface area contributed by atoms with E-state index in [-0.39, 0.29) is 31.4 Å². The number of nitrogens with zero attached hydrogens (tertiary/aromatic N) is 2. The van der Waals surface area contributed by atoms with Gasteiger partial charge in [0.2, 0.25) is 5.91 Å². The molecule has 0 radical (unpaired) electrons. The quantitative estimate of drug-likeness (QED) is 0.524. The molecule has 1 amide bonds. The number of hydrogen-bond acceptors (Lipinski definition) is 3. The number of carbonyl (C=O) groups is 1. The molecule has 0 unspecified atom stereocenters. The average molecular weight is 417 g/mol. The topological polar surface area (TPSA) is 73.1 Å². The second kappa shape index (κ2) is 8.79. The molecule has 0 bridgehead atoms. The molecule has 0 aliphatic carbocycles. The van der Waals surface area contributed by atoms with Crippen LogP contribution in [0, 0.1) is 5.82 Å². The van der Waals surface area contributed by atoms with Crippen molar-refractivity contribution in [3.8, 4) is 0 Å². The lowest BCUT2D eigenvalue weighted by Crippen LogP contribution is -2.42. The van der Waals surface area contributed by atoms with Gasteiger partial charge in [-0.05, 0) is 35.4 Å². The first kappa shape index (κ1) is 20.3. The molecule has 1 N–H and O–H groups in total. The van der Waals surface area contributed by atoms with Gasteiger partial charge in [0.15, 0.2) is 0 Å². The number of carbonyl (C=O) groups excluding carboxylic acids is 1. The fraction of sp³-hybridized carbons (Fsp3) is 0.125. The van der Waals surface area contributed by atoms with Gasteiger partial charge in [0.05, 0.1) is 17.4 Å². The van der Waals surface area contributed by atoms with Gasteiger partial charge in [-0.15, -0.1) is 0 Å². The number of para-hydroxylation sites is 1. The Morgan fingerprint density at radius 1 is 0.806 bits per heavy atom.